The van der Waals surface area contributed by atoms with Gasteiger partial charge in [-0.3, -0.25) is 9.67 Å². The SMILES string of the molecule is C=CC[C@H](NC(=O)OC(C)(C)C)c1cncc(-c2c(N)cnn2C)c1. The Morgan fingerprint density at radius 3 is 2.72 bits per heavy atom. The molecule has 2 heterocycles. The number of hydrogen-bond acceptors (Lipinski definition) is 5. The van der Waals surface area contributed by atoms with Crippen molar-refractivity contribution >= 4 is 11.8 Å². The average Bonchev–Trinajstić information content (AvgIpc) is 2.84. The molecule has 1 amide bonds. The first-order valence-electron chi connectivity index (χ1n) is 8.04. The zero-order valence-electron chi connectivity index (χ0n) is 15.1. The number of nitrogens with one attached hydrogen (secondary N) is 1. The Bertz CT molecular complexity index is 742. The number of nitrogens with zero attached hydrogens (tertiary/aromatic N) is 3. The van der Waals surface area contributed by atoms with Gasteiger partial charge in [-0.05, 0) is 38.8 Å². The first-order valence-corrected chi connectivity index (χ1v) is 8.04. The highest BCUT2D eigenvalue weighted by molar-refractivity contribution is 5.72. The summed E-state index contributed by atoms with van der Waals surface area (Å²) in [6.45, 7) is 9.23. The van der Waals surface area contributed by atoms with Crippen LogP contribution in [0.2, 0.25) is 0 Å². The number of alkyl carbamates (subject to hydrolysis) is 1. The molecule has 0 aliphatic heterocycles. The van der Waals surface area contributed by atoms with Gasteiger partial charge in [-0.2, -0.15) is 5.10 Å². The van der Waals surface area contributed by atoms with Crippen LogP contribution in [-0.4, -0.2) is 26.5 Å². The van der Waals surface area contributed by atoms with Gasteiger partial charge in [0.25, 0.3) is 0 Å². The maximum Gasteiger partial charge on any atom is 0.408 e. The molecule has 2 rings (SSSR count). The van der Waals surface area contributed by atoms with Crippen LogP contribution in [0.3, 0.4) is 0 Å². The number of hydrogen-bond donors (Lipinski definition) is 2. The molecule has 0 unspecified atom stereocenters. The monoisotopic (exact) mass is 343 g/mol. The molecule has 134 valence electrons. The smallest absolute Gasteiger partial charge is 0.408 e. The summed E-state index contributed by atoms with van der Waals surface area (Å²) in [5.74, 6) is 0. The number of carbonyl (C=O) groups is 1. The number of nitrogens with two attached hydrogens (primary N) is 1. The number of ether oxygens (including phenoxy) is 1. The third-order valence-electron chi connectivity index (χ3n) is 3.50. The minimum atomic E-state index is -0.563. The summed E-state index contributed by atoms with van der Waals surface area (Å²) >= 11 is 0. The molecule has 25 heavy (non-hydrogen) atoms. The summed E-state index contributed by atoms with van der Waals surface area (Å²) < 4.78 is 7.03. The van der Waals surface area contributed by atoms with Crippen molar-refractivity contribution in [2.24, 2.45) is 7.05 Å². The summed E-state index contributed by atoms with van der Waals surface area (Å²) in [6.07, 6.45) is 6.84. The van der Waals surface area contributed by atoms with E-state index in [1.54, 1.807) is 29.3 Å². The van der Waals surface area contributed by atoms with E-state index in [9.17, 15) is 4.79 Å². The lowest BCUT2D eigenvalue weighted by molar-refractivity contribution is 0.0504. The molecule has 0 radical (unpaired) electrons. The van der Waals surface area contributed by atoms with Gasteiger partial charge < -0.3 is 15.8 Å². The Morgan fingerprint density at radius 1 is 1.44 bits per heavy atom. The fraction of sp³-hybridized carbons (Fsp3) is 0.389. The second kappa shape index (κ2) is 7.38. The van der Waals surface area contributed by atoms with Crippen molar-refractivity contribution in [2.45, 2.75) is 38.8 Å². The standard InChI is InChI=1S/C18H25N5O2/c1-6-7-15(22-17(24)25-18(2,3)4)12-8-13(10-20-9-12)16-14(19)11-21-23(16)5/h6,8-11,15H,1,7,19H2,2-5H3,(H,22,24)/t15-/m0/s1. The molecule has 1 atom stereocenters. The maximum absolute atomic E-state index is 12.1. The van der Waals surface area contributed by atoms with E-state index in [-0.39, 0.29) is 6.04 Å². The highest BCUT2D eigenvalue weighted by atomic mass is 16.6. The zero-order chi connectivity index (χ0) is 18.6. The third kappa shape index (κ3) is 4.82. The van der Waals surface area contributed by atoms with Crippen LogP contribution in [0.5, 0.6) is 0 Å². The number of nitrogen functional groups attached to an aromatic ring is 1. The Hall–Kier alpha value is -2.83. The van der Waals surface area contributed by atoms with Gasteiger partial charge in [0.1, 0.15) is 5.60 Å². The van der Waals surface area contributed by atoms with Crippen molar-refractivity contribution in [3.05, 3.63) is 42.9 Å². The van der Waals surface area contributed by atoms with Gasteiger partial charge in [-0.25, -0.2) is 4.79 Å². The van der Waals surface area contributed by atoms with Crippen LogP contribution in [0.15, 0.2) is 37.3 Å². The number of rotatable bonds is 5. The summed E-state index contributed by atoms with van der Waals surface area (Å²) in [5.41, 5.74) is 8.45. The predicted octanol–water partition coefficient (Wildman–Crippen LogP) is 3.21. The van der Waals surface area contributed by atoms with E-state index in [0.717, 1.165) is 16.8 Å². The van der Waals surface area contributed by atoms with Crippen LogP contribution < -0.4 is 11.1 Å². The second-order valence-corrected chi connectivity index (χ2v) is 6.80. The first-order chi connectivity index (χ1) is 11.7. The lowest BCUT2D eigenvalue weighted by Gasteiger charge is -2.23. The highest BCUT2D eigenvalue weighted by Crippen LogP contribution is 2.27. The molecule has 2 aromatic heterocycles. The van der Waals surface area contributed by atoms with Crippen molar-refractivity contribution < 1.29 is 9.53 Å². The van der Waals surface area contributed by atoms with Crippen LogP contribution in [0.25, 0.3) is 11.3 Å². The number of aromatic nitrogens is 3. The van der Waals surface area contributed by atoms with Crippen molar-refractivity contribution in [3.63, 3.8) is 0 Å². The van der Waals surface area contributed by atoms with Gasteiger partial charge in [0.2, 0.25) is 0 Å². The number of amides is 1. The van der Waals surface area contributed by atoms with Crippen LogP contribution in [-0.2, 0) is 11.8 Å². The Kier molecular flexibility index (Phi) is 5.46. The van der Waals surface area contributed by atoms with Crippen molar-refractivity contribution in [3.8, 4) is 11.3 Å². The molecule has 0 aliphatic rings. The van der Waals surface area contributed by atoms with Crippen LogP contribution in [0.4, 0.5) is 10.5 Å². The summed E-state index contributed by atoms with van der Waals surface area (Å²) in [5, 5.41) is 7.02. The third-order valence-corrected chi connectivity index (χ3v) is 3.50. The molecule has 0 aromatic carbocycles. The van der Waals surface area contributed by atoms with Gasteiger partial charge in [0.15, 0.2) is 0 Å². The Balaban J connectivity index is 2.28. The molecule has 0 saturated heterocycles. The van der Waals surface area contributed by atoms with E-state index in [1.165, 1.54) is 0 Å². The van der Waals surface area contributed by atoms with Crippen molar-refractivity contribution in [1.29, 1.82) is 0 Å². The molecular formula is C18H25N5O2. The van der Waals surface area contributed by atoms with Crippen LogP contribution in [0.1, 0.15) is 38.8 Å². The molecule has 3 N–H and O–H groups in total. The van der Waals surface area contributed by atoms with Crippen LogP contribution in [0, 0.1) is 0 Å². The highest BCUT2D eigenvalue weighted by Gasteiger charge is 2.21. The fourth-order valence-electron chi connectivity index (χ4n) is 2.48. The minimum absolute atomic E-state index is 0.297. The van der Waals surface area contributed by atoms with Gasteiger partial charge in [0, 0.05) is 25.0 Å². The molecular weight excluding hydrogens is 318 g/mol. The van der Waals surface area contributed by atoms with E-state index in [1.807, 2.05) is 33.9 Å². The van der Waals surface area contributed by atoms with Gasteiger partial charge in [-0.1, -0.05) is 6.08 Å². The molecule has 0 saturated carbocycles. The Labute approximate surface area is 147 Å². The first kappa shape index (κ1) is 18.5. The summed E-state index contributed by atoms with van der Waals surface area (Å²) in [7, 11) is 1.82. The van der Waals surface area contributed by atoms with Crippen molar-refractivity contribution in [1.82, 2.24) is 20.1 Å². The molecule has 0 fully saturated rings. The van der Waals surface area contributed by atoms with E-state index in [4.69, 9.17) is 10.5 Å². The lowest BCUT2D eigenvalue weighted by atomic mass is 10.0. The van der Waals surface area contributed by atoms with E-state index < -0.39 is 11.7 Å². The molecule has 7 heteroatoms. The number of anilines is 1. The molecule has 0 bridgehead atoms. The quantitative estimate of drug-likeness (QED) is 0.813. The van der Waals surface area contributed by atoms with Gasteiger partial charge in [-0.15, -0.1) is 6.58 Å². The number of carbonyl (C=O) groups excluding carboxylic acids is 1. The topological polar surface area (TPSA) is 95.1 Å². The largest absolute Gasteiger partial charge is 0.444 e. The van der Waals surface area contributed by atoms with E-state index in [0.29, 0.717) is 12.1 Å². The fourth-order valence-corrected chi connectivity index (χ4v) is 2.48. The maximum atomic E-state index is 12.1. The Morgan fingerprint density at radius 2 is 2.16 bits per heavy atom. The van der Waals surface area contributed by atoms with E-state index >= 15 is 0 Å². The van der Waals surface area contributed by atoms with E-state index in [2.05, 4.69) is 22.0 Å². The predicted molar refractivity (Wildman–Crippen MR) is 97.8 cm³/mol. The molecule has 0 aliphatic carbocycles. The van der Waals surface area contributed by atoms with Crippen LogP contribution >= 0.6 is 0 Å². The number of pyridine rings is 1. The average molecular weight is 343 g/mol. The minimum Gasteiger partial charge on any atom is -0.444 e. The second-order valence-electron chi connectivity index (χ2n) is 6.80. The summed E-state index contributed by atoms with van der Waals surface area (Å²) in [4.78, 5) is 16.4. The van der Waals surface area contributed by atoms with Gasteiger partial charge in [0.05, 0.1) is 23.6 Å². The lowest BCUT2D eigenvalue weighted by Crippen LogP contribution is -2.34. The zero-order valence-corrected chi connectivity index (χ0v) is 15.1. The molecule has 7 nitrogen and oxygen atoms in total. The van der Waals surface area contributed by atoms with Gasteiger partial charge >= 0.3 is 6.09 Å². The normalized spacial score (nSPS) is 12.5. The molecule has 2 aromatic rings. The molecule has 0 spiro atoms. The number of aryl methyl sites for hydroxylation is 1. The van der Waals surface area contributed by atoms with Crippen molar-refractivity contribution in [2.75, 3.05) is 5.73 Å². The summed E-state index contributed by atoms with van der Waals surface area (Å²) in [6, 6.07) is 1.64.